The summed E-state index contributed by atoms with van der Waals surface area (Å²) < 4.78 is 51.6. The largest absolute Gasteiger partial charge is 0.495 e. The topological polar surface area (TPSA) is 72.5 Å². The lowest BCUT2D eigenvalue weighted by atomic mass is 9.33. The summed E-state index contributed by atoms with van der Waals surface area (Å²) in [6.07, 6.45) is 0.324. The summed E-state index contributed by atoms with van der Waals surface area (Å²) in [4.78, 5) is 17.1. The Hall–Kier alpha value is -4.27. The van der Waals surface area contributed by atoms with Crippen LogP contribution >= 0.6 is 0 Å². The molecule has 3 saturated carbocycles. The fraction of sp³-hybridized carbons (Fsp3) is 0.290. The second-order valence-corrected chi connectivity index (χ2v) is 10.7. The van der Waals surface area contributed by atoms with Crippen LogP contribution < -0.4 is 20.1 Å². The average Bonchev–Trinajstić information content (AvgIpc) is 2.88. The second kappa shape index (κ2) is 9.73. The number of nitrogens with zero attached hydrogens (tertiary/aromatic N) is 1. The van der Waals surface area contributed by atoms with E-state index in [1.54, 1.807) is 36.7 Å². The lowest BCUT2D eigenvalue weighted by Crippen LogP contribution is -2.70. The molecule has 0 atom stereocenters. The van der Waals surface area contributed by atoms with Gasteiger partial charge in [-0.25, -0.2) is 4.79 Å². The van der Waals surface area contributed by atoms with Crippen LogP contribution in [0.1, 0.15) is 30.4 Å². The first-order chi connectivity index (χ1) is 19.2. The van der Waals surface area contributed by atoms with Crippen molar-refractivity contribution in [3.8, 4) is 11.5 Å². The van der Waals surface area contributed by atoms with Crippen molar-refractivity contribution in [2.45, 2.75) is 37.3 Å². The highest BCUT2D eigenvalue weighted by molar-refractivity contribution is 6.08. The third-order valence-electron chi connectivity index (χ3n) is 8.22. The first-order valence-corrected chi connectivity index (χ1v) is 13.1. The summed E-state index contributed by atoms with van der Waals surface area (Å²) in [5.41, 5.74) is 0.877. The number of aromatic nitrogens is 1. The van der Waals surface area contributed by atoms with E-state index < -0.39 is 23.0 Å². The van der Waals surface area contributed by atoms with Crippen molar-refractivity contribution in [3.05, 3.63) is 90.3 Å². The molecule has 2 amide bonds. The summed E-state index contributed by atoms with van der Waals surface area (Å²) in [5.74, 6) is 1.14. The summed E-state index contributed by atoms with van der Waals surface area (Å²) in [7, 11) is 1.48. The zero-order chi connectivity index (χ0) is 28.0. The molecule has 4 aromatic rings. The van der Waals surface area contributed by atoms with Crippen LogP contribution in [-0.2, 0) is 11.8 Å². The first kappa shape index (κ1) is 26.0. The van der Waals surface area contributed by atoms with Crippen molar-refractivity contribution in [3.63, 3.8) is 0 Å². The molecule has 0 saturated heterocycles. The van der Waals surface area contributed by atoms with E-state index in [-0.39, 0.29) is 19.3 Å². The van der Waals surface area contributed by atoms with Gasteiger partial charge in [0.15, 0.2) is 0 Å². The Bertz CT molecular complexity index is 1550. The molecule has 0 unspecified atom stereocenters. The van der Waals surface area contributed by atoms with Gasteiger partial charge in [-0.3, -0.25) is 4.98 Å². The van der Waals surface area contributed by atoms with Crippen LogP contribution in [0.2, 0.25) is 0 Å². The number of anilines is 2. The summed E-state index contributed by atoms with van der Waals surface area (Å²) >= 11 is 0. The van der Waals surface area contributed by atoms with E-state index in [4.69, 9.17) is 9.47 Å². The monoisotopic (exact) mass is 547 g/mol. The van der Waals surface area contributed by atoms with Gasteiger partial charge in [-0.1, -0.05) is 30.3 Å². The van der Waals surface area contributed by atoms with Gasteiger partial charge in [0.2, 0.25) is 0 Å². The first-order valence-electron chi connectivity index (χ1n) is 13.1. The van der Waals surface area contributed by atoms with E-state index in [2.05, 4.69) is 15.6 Å². The highest BCUT2D eigenvalue weighted by Gasteiger charge is 2.78. The maximum Gasteiger partial charge on any atom is 0.394 e. The van der Waals surface area contributed by atoms with Crippen LogP contribution in [-0.4, -0.2) is 30.9 Å². The SMILES string of the molecule is COc1ccc(C23CC(C(F)(F)F)(C2)C3)cc1NC(=O)Nc1ccc(OCCc2ccncc2)c2ccccc12. The zero-order valence-electron chi connectivity index (χ0n) is 21.8. The van der Waals surface area contributed by atoms with Crippen LogP contribution in [0.4, 0.5) is 29.3 Å². The van der Waals surface area contributed by atoms with Crippen LogP contribution in [0, 0.1) is 5.41 Å². The van der Waals surface area contributed by atoms with E-state index in [0.29, 0.717) is 29.5 Å². The van der Waals surface area contributed by atoms with Crippen molar-refractivity contribution < 1.29 is 27.4 Å². The average molecular weight is 548 g/mol. The normalized spacial score (nSPS) is 21.2. The Morgan fingerprint density at radius 3 is 2.27 bits per heavy atom. The maximum absolute atomic E-state index is 13.4. The molecule has 0 spiro atoms. The van der Waals surface area contributed by atoms with Crippen LogP contribution in [0.3, 0.4) is 0 Å². The Morgan fingerprint density at radius 2 is 1.57 bits per heavy atom. The molecule has 1 aromatic heterocycles. The predicted molar refractivity (Wildman–Crippen MR) is 147 cm³/mol. The van der Waals surface area contributed by atoms with Gasteiger partial charge in [0, 0.05) is 29.6 Å². The van der Waals surface area contributed by atoms with E-state index in [0.717, 1.165) is 28.3 Å². The van der Waals surface area contributed by atoms with Gasteiger partial charge >= 0.3 is 12.2 Å². The standard InChI is InChI=1S/C31H28F3N3O3/c1-39-27-8-6-21(29-17-30(18-29,19-29)31(32,33)34)16-25(27)37-28(38)36-24-7-9-26(23-5-3-2-4-22(23)24)40-15-12-20-10-13-35-14-11-20/h2-11,13-14,16H,12,15,17-19H2,1H3,(H2,36,37,38). The molecule has 6 nitrogen and oxygen atoms in total. The number of amides is 2. The highest BCUT2D eigenvalue weighted by atomic mass is 19.4. The molecule has 206 valence electrons. The Morgan fingerprint density at radius 1 is 0.900 bits per heavy atom. The fourth-order valence-corrected chi connectivity index (χ4v) is 6.14. The van der Waals surface area contributed by atoms with Gasteiger partial charge in [-0.2, -0.15) is 13.2 Å². The Labute approximate surface area is 229 Å². The quantitative estimate of drug-likeness (QED) is 0.240. The van der Waals surface area contributed by atoms with E-state index in [1.807, 2.05) is 42.5 Å². The number of carbonyl (C=O) groups excluding carboxylic acids is 1. The van der Waals surface area contributed by atoms with E-state index >= 15 is 0 Å². The number of methoxy groups -OCH3 is 1. The number of hydrogen-bond donors (Lipinski definition) is 2. The molecule has 9 heteroatoms. The van der Waals surface area contributed by atoms with Crippen LogP contribution in [0.5, 0.6) is 11.5 Å². The minimum absolute atomic E-state index is 0.0877. The Kier molecular flexibility index (Phi) is 6.32. The Balaban J connectivity index is 1.16. The molecule has 40 heavy (non-hydrogen) atoms. The number of pyridine rings is 1. The van der Waals surface area contributed by atoms with Crippen molar-refractivity contribution in [1.82, 2.24) is 4.98 Å². The minimum atomic E-state index is -4.18. The second-order valence-electron chi connectivity index (χ2n) is 10.7. The van der Waals surface area contributed by atoms with Crippen molar-refractivity contribution in [1.29, 1.82) is 0 Å². The number of hydrogen-bond acceptors (Lipinski definition) is 4. The molecular weight excluding hydrogens is 519 g/mol. The number of carbonyl (C=O) groups is 1. The molecular formula is C31H28F3N3O3. The van der Waals surface area contributed by atoms with Gasteiger partial charge in [0.1, 0.15) is 11.5 Å². The van der Waals surface area contributed by atoms with Gasteiger partial charge in [-0.15, -0.1) is 0 Å². The third-order valence-corrected chi connectivity index (χ3v) is 8.22. The molecule has 7 rings (SSSR count). The highest BCUT2D eigenvalue weighted by Crippen LogP contribution is 2.78. The smallest absolute Gasteiger partial charge is 0.394 e. The number of fused-ring (bicyclic) bond motifs is 1. The number of rotatable bonds is 8. The molecule has 2 bridgehead atoms. The van der Waals surface area contributed by atoms with Gasteiger partial charge in [0.05, 0.1) is 30.5 Å². The predicted octanol–water partition coefficient (Wildman–Crippen LogP) is 7.49. The molecule has 3 aromatic carbocycles. The number of benzene rings is 3. The number of ether oxygens (including phenoxy) is 2. The molecule has 3 aliphatic rings. The lowest BCUT2D eigenvalue weighted by molar-refractivity contribution is -0.337. The minimum Gasteiger partial charge on any atom is -0.495 e. The van der Waals surface area contributed by atoms with E-state index in [1.165, 1.54) is 7.11 Å². The number of halogens is 3. The number of nitrogens with one attached hydrogen (secondary N) is 2. The number of alkyl halides is 3. The molecule has 0 aliphatic heterocycles. The molecule has 1 heterocycles. The third kappa shape index (κ3) is 4.49. The van der Waals surface area contributed by atoms with Crippen molar-refractivity contribution in [2.75, 3.05) is 24.4 Å². The lowest BCUT2D eigenvalue weighted by Gasteiger charge is -2.71. The van der Waals surface area contributed by atoms with Crippen molar-refractivity contribution >= 4 is 28.2 Å². The summed E-state index contributed by atoms with van der Waals surface area (Å²) in [6.45, 7) is 0.489. The van der Waals surface area contributed by atoms with Gasteiger partial charge in [0.25, 0.3) is 0 Å². The molecule has 2 N–H and O–H groups in total. The van der Waals surface area contributed by atoms with E-state index in [9.17, 15) is 18.0 Å². The summed E-state index contributed by atoms with van der Waals surface area (Å²) in [6, 6.07) is 19.9. The van der Waals surface area contributed by atoms with Gasteiger partial charge < -0.3 is 20.1 Å². The molecule has 0 radical (unpaired) electrons. The summed E-state index contributed by atoms with van der Waals surface area (Å²) in [5, 5.41) is 7.39. The van der Waals surface area contributed by atoms with Crippen molar-refractivity contribution in [2.24, 2.45) is 5.41 Å². The zero-order valence-corrected chi connectivity index (χ0v) is 21.8. The van der Waals surface area contributed by atoms with Gasteiger partial charge in [-0.05, 0) is 72.2 Å². The van der Waals surface area contributed by atoms with Crippen LogP contribution in [0.15, 0.2) is 79.1 Å². The molecule has 3 aliphatic carbocycles. The maximum atomic E-state index is 13.4. The fourth-order valence-electron chi connectivity index (χ4n) is 6.14. The number of urea groups is 1. The van der Waals surface area contributed by atoms with Crippen LogP contribution in [0.25, 0.3) is 10.8 Å². The molecule has 3 fully saturated rings.